The van der Waals surface area contributed by atoms with Gasteiger partial charge in [0.05, 0.1) is 11.4 Å². The predicted molar refractivity (Wildman–Crippen MR) is 102 cm³/mol. The SMILES string of the molecule is O=C(CCCCCCCC(=O)Nc1ccccc1F)Nc1ccccc1F. The molecule has 0 aliphatic carbocycles. The summed E-state index contributed by atoms with van der Waals surface area (Å²) >= 11 is 0. The monoisotopic (exact) mass is 374 g/mol. The maximum atomic E-state index is 13.4. The minimum Gasteiger partial charge on any atom is -0.324 e. The summed E-state index contributed by atoms with van der Waals surface area (Å²) in [6.07, 6.45) is 4.72. The van der Waals surface area contributed by atoms with Crippen molar-refractivity contribution in [2.24, 2.45) is 0 Å². The van der Waals surface area contributed by atoms with Crippen molar-refractivity contribution in [3.05, 3.63) is 60.2 Å². The molecule has 2 aromatic carbocycles. The Morgan fingerprint density at radius 1 is 0.630 bits per heavy atom. The molecule has 0 heterocycles. The van der Waals surface area contributed by atoms with E-state index >= 15 is 0 Å². The van der Waals surface area contributed by atoms with E-state index in [9.17, 15) is 18.4 Å². The Morgan fingerprint density at radius 2 is 1.00 bits per heavy atom. The lowest BCUT2D eigenvalue weighted by molar-refractivity contribution is -0.117. The molecule has 0 aromatic heterocycles. The van der Waals surface area contributed by atoms with Crippen molar-refractivity contribution in [1.82, 2.24) is 0 Å². The molecule has 6 heteroatoms. The average molecular weight is 374 g/mol. The highest BCUT2D eigenvalue weighted by atomic mass is 19.1. The highest BCUT2D eigenvalue weighted by Gasteiger charge is 2.07. The molecule has 0 atom stereocenters. The fourth-order valence-corrected chi connectivity index (χ4v) is 2.65. The van der Waals surface area contributed by atoms with Crippen molar-refractivity contribution >= 4 is 23.2 Å². The first-order valence-corrected chi connectivity index (χ1v) is 9.15. The Labute approximate surface area is 158 Å². The molecule has 2 rings (SSSR count). The van der Waals surface area contributed by atoms with Gasteiger partial charge in [-0.3, -0.25) is 9.59 Å². The Morgan fingerprint density at radius 3 is 1.41 bits per heavy atom. The molecule has 0 spiro atoms. The molecule has 0 fully saturated rings. The summed E-state index contributed by atoms with van der Waals surface area (Å²) in [5, 5.41) is 5.11. The lowest BCUT2D eigenvalue weighted by atomic mass is 10.1. The summed E-state index contributed by atoms with van der Waals surface area (Å²) in [6.45, 7) is 0. The molecule has 0 radical (unpaired) electrons. The molecule has 0 saturated carbocycles. The first-order valence-electron chi connectivity index (χ1n) is 9.15. The van der Waals surface area contributed by atoms with Gasteiger partial charge < -0.3 is 10.6 Å². The maximum absolute atomic E-state index is 13.4. The van der Waals surface area contributed by atoms with Crippen molar-refractivity contribution in [3.8, 4) is 0 Å². The van der Waals surface area contributed by atoms with Crippen LogP contribution < -0.4 is 10.6 Å². The lowest BCUT2D eigenvalue weighted by Crippen LogP contribution is -2.12. The van der Waals surface area contributed by atoms with Crippen LogP contribution in [0.1, 0.15) is 44.9 Å². The summed E-state index contributed by atoms with van der Waals surface area (Å²) in [5.74, 6) is -1.30. The van der Waals surface area contributed by atoms with Gasteiger partial charge in [0, 0.05) is 12.8 Å². The first-order chi connectivity index (χ1) is 13.1. The molecule has 0 aliphatic rings. The number of anilines is 2. The molecule has 2 aromatic rings. The van der Waals surface area contributed by atoms with Gasteiger partial charge in [-0.05, 0) is 37.1 Å². The quantitative estimate of drug-likeness (QED) is 0.557. The second-order valence-electron chi connectivity index (χ2n) is 6.32. The zero-order valence-corrected chi connectivity index (χ0v) is 15.1. The smallest absolute Gasteiger partial charge is 0.224 e. The van der Waals surface area contributed by atoms with Crippen LogP contribution in [0.15, 0.2) is 48.5 Å². The van der Waals surface area contributed by atoms with E-state index in [-0.39, 0.29) is 23.2 Å². The Kier molecular flexibility index (Phi) is 8.42. The summed E-state index contributed by atoms with van der Waals surface area (Å²) in [4.78, 5) is 23.6. The van der Waals surface area contributed by atoms with Crippen LogP contribution in [0.2, 0.25) is 0 Å². The van der Waals surface area contributed by atoms with E-state index in [0.29, 0.717) is 25.7 Å². The number of carbonyl (C=O) groups is 2. The topological polar surface area (TPSA) is 58.2 Å². The van der Waals surface area contributed by atoms with Gasteiger partial charge in [0.1, 0.15) is 11.6 Å². The lowest BCUT2D eigenvalue weighted by Gasteiger charge is -2.07. The second kappa shape index (κ2) is 11.1. The van der Waals surface area contributed by atoms with Crippen molar-refractivity contribution in [3.63, 3.8) is 0 Å². The highest BCUT2D eigenvalue weighted by molar-refractivity contribution is 5.91. The molecule has 0 unspecified atom stereocenters. The van der Waals surface area contributed by atoms with E-state index in [1.807, 2.05) is 0 Å². The van der Waals surface area contributed by atoms with Crippen molar-refractivity contribution in [2.45, 2.75) is 44.9 Å². The zero-order chi connectivity index (χ0) is 19.5. The van der Waals surface area contributed by atoms with E-state index in [2.05, 4.69) is 10.6 Å². The number of rotatable bonds is 10. The third-order valence-corrected chi connectivity index (χ3v) is 4.10. The molecule has 2 amide bonds. The van der Waals surface area contributed by atoms with Gasteiger partial charge in [0.15, 0.2) is 0 Å². The number of para-hydroxylation sites is 2. The molecular formula is C21H24F2N2O2. The third-order valence-electron chi connectivity index (χ3n) is 4.10. The van der Waals surface area contributed by atoms with Gasteiger partial charge in [0.25, 0.3) is 0 Å². The van der Waals surface area contributed by atoms with Crippen molar-refractivity contribution in [2.75, 3.05) is 10.6 Å². The van der Waals surface area contributed by atoms with Gasteiger partial charge in [-0.1, -0.05) is 43.5 Å². The van der Waals surface area contributed by atoms with Crippen LogP contribution in [0.5, 0.6) is 0 Å². The van der Waals surface area contributed by atoms with Gasteiger partial charge in [0.2, 0.25) is 11.8 Å². The number of unbranched alkanes of at least 4 members (excludes halogenated alkanes) is 4. The zero-order valence-electron chi connectivity index (χ0n) is 15.1. The van der Waals surface area contributed by atoms with E-state index in [4.69, 9.17) is 0 Å². The number of amides is 2. The number of hydrogen-bond donors (Lipinski definition) is 2. The van der Waals surface area contributed by atoms with E-state index in [0.717, 1.165) is 19.3 Å². The van der Waals surface area contributed by atoms with Crippen molar-refractivity contribution in [1.29, 1.82) is 0 Å². The Hall–Kier alpha value is -2.76. The minimum absolute atomic E-state index is 0.198. The summed E-state index contributed by atoms with van der Waals surface area (Å²) in [6, 6.07) is 12.1. The van der Waals surface area contributed by atoms with Crippen LogP contribution in [-0.4, -0.2) is 11.8 Å². The largest absolute Gasteiger partial charge is 0.324 e. The van der Waals surface area contributed by atoms with Crippen LogP contribution in [0, 0.1) is 11.6 Å². The third kappa shape index (κ3) is 7.56. The minimum atomic E-state index is -0.445. The van der Waals surface area contributed by atoms with Gasteiger partial charge in [-0.2, -0.15) is 0 Å². The molecule has 0 saturated heterocycles. The summed E-state index contributed by atoms with van der Waals surface area (Å²) < 4.78 is 26.9. The van der Waals surface area contributed by atoms with E-state index < -0.39 is 11.6 Å². The fraction of sp³-hybridized carbons (Fsp3) is 0.333. The molecule has 27 heavy (non-hydrogen) atoms. The van der Waals surface area contributed by atoms with Crippen LogP contribution >= 0.6 is 0 Å². The molecule has 0 bridgehead atoms. The molecule has 2 N–H and O–H groups in total. The average Bonchev–Trinajstić information content (AvgIpc) is 2.65. The van der Waals surface area contributed by atoms with Gasteiger partial charge in [-0.25, -0.2) is 8.78 Å². The number of benzene rings is 2. The number of halogens is 2. The van der Waals surface area contributed by atoms with Crippen LogP contribution in [0.3, 0.4) is 0 Å². The van der Waals surface area contributed by atoms with Gasteiger partial charge >= 0.3 is 0 Å². The number of hydrogen-bond acceptors (Lipinski definition) is 2. The van der Waals surface area contributed by atoms with E-state index in [1.54, 1.807) is 24.3 Å². The van der Waals surface area contributed by atoms with E-state index in [1.165, 1.54) is 24.3 Å². The Bertz CT molecular complexity index is 702. The predicted octanol–water partition coefficient (Wildman–Crippen LogP) is 5.27. The molecule has 144 valence electrons. The summed E-state index contributed by atoms with van der Waals surface area (Å²) in [5.41, 5.74) is 0.395. The van der Waals surface area contributed by atoms with Crippen LogP contribution in [-0.2, 0) is 9.59 Å². The Balaban J connectivity index is 1.52. The normalized spacial score (nSPS) is 10.4. The standard InChI is InChI=1S/C21H24F2N2O2/c22-16-10-6-8-12-18(16)24-20(26)14-4-2-1-3-5-15-21(27)25-19-13-9-7-11-17(19)23/h6-13H,1-5,14-15H2,(H,24,26)(H,25,27). The van der Waals surface area contributed by atoms with Gasteiger partial charge in [-0.15, -0.1) is 0 Å². The second-order valence-corrected chi connectivity index (χ2v) is 6.32. The van der Waals surface area contributed by atoms with Crippen LogP contribution in [0.25, 0.3) is 0 Å². The molecular weight excluding hydrogens is 350 g/mol. The molecule has 0 aliphatic heterocycles. The van der Waals surface area contributed by atoms with Crippen LogP contribution in [0.4, 0.5) is 20.2 Å². The summed E-state index contributed by atoms with van der Waals surface area (Å²) in [7, 11) is 0. The number of carbonyl (C=O) groups excluding carboxylic acids is 2. The molecule has 4 nitrogen and oxygen atoms in total. The van der Waals surface area contributed by atoms with Crippen molar-refractivity contribution < 1.29 is 18.4 Å². The maximum Gasteiger partial charge on any atom is 0.224 e. The highest BCUT2D eigenvalue weighted by Crippen LogP contribution is 2.15. The first kappa shape index (κ1) is 20.6. The number of nitrogens with one attached hydrogen (secondary N) is 2. The fourth-order valence-electron chi connectivity index (χ4n) is 2.65.